The summed E-state index contributed by atoms with van der Waals surface area (Å²) in [5, 5.41) is 0. The molecule has 0 aliphatic rings. The van der Waals surface area contributed by atoms with E-state index in [4.69, 9.17) is 18.0 Å². The molecule has 0 spiro atoms. The predicted octanol–water partition coefficient (Wildman–Crippen LogP) is 2.09. The standard InChI is InChI=1S/C6H4ClNS/c1-3-5-4(2)8-6(7)9-5/h1H,2H3. The summed E-state index contributed by atoms with van der Waals surface area (Å²) in [7, 11) is 0. The van der Waals surface area contributed by atoms with Crippen LogP contribution in [0.2, 0.25) is 4.47 Å². The maximum Gasteiger partial charge on any atom is 0.185 e. The highest BCUT2D eigenvalue weighted by atomic mass is 35.5. The molecule has 0 aliphatic carbocycles. The molecule has 1 aromatic rings. The second-order valence-electron chi connectivity index (χ2n) is 1.53. The summed E-state index contributed by atoms with van der Waals surface area (Å²) < 4.78 is 0.514. The number of hydrogen-bond donors (Lipinski definition) is 0. The van der Waals surface area contributed by atoms with E-state index in [-0.39, 0.29) is 0 Å². The number of nitrogens with zero attached hydrogens (tertiary/aromatic N) is 1. The molecule has 0 amide bonds. The predicted molar refractivity (Wildman–Crippen MR) is 39.8 cm³/mol. The minimum absolute atomic E-state index is 0.514. The molecule has 0 aromatic carbocycles. The van der Waals surface area contributed by atoms with Gasteiger partial charge in [0, 0.05) is 0 Å². The Bertz CT molecular complexity index is 259. The Labute approximate surface area is 62.7 Å². The van der Waals surface area contributed by atoms with Crippen molar-refractivity contribution in [3.05, 3.63) is 15.0 Å². The molecule has 1 nitrogen and oxygen atoms in total. The van der Waals surface area contributed by atoms with Crippen LogP contribution in [0.25, 0.3) is 0 Å². The Hall–Kier alpha value is -0.520. The highest BCUT2D eigenvalue weighted by Gasteiger charge is 2.00. The van der Waals surface area contributed by atoms with Crippen LogP contribution in [0, 0.1) is 19.3 Å². The summed E-state index contributed by atoms with van der Waals surface area (Å²) >= 11 is 6.89. The van der Waals surface area contributed by atoms with Gasteiger partial charge in [-0.1, -0.05) is 28.9 Å². The maximum absolute atomic E-state index is 5.56. The molecule has 0 saturated heterocycles. The molecule has 0 unspecified atom stereocenters. The normalized spacial score (nSPS) is 9.00. The molecular formula is C6H4ClNS. The molecule has 0 radical (unpaired) electrons. The van der Waals surface area contributed by atoms with E-state index >= 15 is 0 Å². The van der Waals surface area contributed by atoms with E-state index < -0.39 is 0 Å². The Balaban J connectivity index is 3.20. The van der Waals surface area contributed by atoms with Gasteiger partial charge in [0.25, 0.3) is 0 Å². The maximum atomic E-state index is 5.56. The lowest BCUT2D eigenvalue weighted by atomic mass is 10.4. The number of halogens is 1. The van der Waals surface area contributed by atoms with Crippen LogP contribution in [-0.4, -0.2) is 4.98 Å². The highest BCUT2D eigenvalue weighted by molar-refractivity contribution is 7.16. The van der Waals surface area contributed by atoms with Crippen molar-refractivity contribution < 1.29 is 0 Å². The monoisotopic (exact) mass is 157 g/mol. The lowest BCUT2D eigenvalue weighted by Crippen LogP contribution is -1.71. The molecule has 0 N–H and O–H groups in total. The molecule has 0 saturated carbocycles. The summed E-state index contributed by atoms with van der Waals surface area (Å²) in [6, 6.07) is 0. The van der Waals surface area contributed by atoms with Gasteiger partial charge in [-0.3, -0.25) is 0 Å². The summed E-state index contributed by atoms with van der Waals surface area (Å²) in [5.74, 6) is 2.49. The third-order valence-electron chi connectivity index (χ3n) is 0.902. The third-order valence-corrected chi connectivity index (χ3v) is 2.09. The van der Waals surface area contributed by atoms with Gasteiger partial charge in [-0.05, 0) is 6.92 Å². The highest BCUT2D eigenvalue weighted by Crippen LogP contribution is 2.20. The molecule has 9 heavy (non-hydrogen) atoms. The van der Waals surface area contributed by atoms with E-state index in [0.717, 1.165) is 10.6 Å². The van der Waals surface area contributed by atoms with Gasteiger partial charge >= 0.3 is 0 Å². The van der Waals surface area contributed by atoms with E-state index in [1.165, 1.54) is 11.3 Å². The molecule has 0 atom stereocenters. The first-order chi connectivity index (χ1) is 4.24. The molecule has 1 heterocycles. The zero-order valence-electron chi connectivity index (χ0n) is 4.81. The van der Waals surface area contributed by atoms with E-state index in [1.54, 1.807) is 0 Å². The van der Waals surface area contributed by atoms with Gasteiger partial charge in [0.05, 0.1) is 5.69 Å². The van der Waals surface area contributed by atoms with Crippen molar-refractivity contribution in [1.82, 2.24) is 4.98 Å². The zero-order valence-corrected chi connectivity index (χ0v) is 6.38. The summed E-state index contributed by atoms with van der Waals surface area (Å²) in [5.41, 5.74) is 0.840. The van der Waals surface area contributed by atoms with Crippen LogP contribution >= 0.6 is 22.9 Å². The molecular weight excluding hydrogens is 154 g/mol. The van der Waals surface area contributed by atoms with Crippen molar-refractivity contribution in [1.29, 1.82) is 0 Å². The summed E-state index contributed by atoms with van der Waals surface area (Å²) in [4.78, 5) is 4.74. The van der Waals surface area contributed by atoms with Gasteiger partial charge in [0.1, 0.15) is 4.88 Å². The van der Waals surface area contributed by atoms with E-state index in [0.29, 0.717) is 4.47 Å². The fourth-order valence-electron chi connectivity index (χ4n) is 0.497. The van der Waals surface area contributed by atoms with Crippen LogP contribution in [0.15, 0.2) is 0 Å². The van der Waals surface area contributed by atoms with Crippen molar-refractivity contribution in [3.8, 4) is 12.3 Å². The van der Waals surface area contributed by atoms with E-state index in [1.807, 2.05) is 6.92 Å². The first-order valence-corrected chi connectivity index (χ1v) is 3.53. The van der Waals surface area contributed by atoms with E-state index in [2.05, 4.69) is 10.9 Å². The SMILES string of the molecule is C#Cc1sc(Cl)nc1C. The topological polar surface area (TPSA) is 12.9 Å². The molecule has 0 aliphatic heterocycles. The molecule has 0 bridgehead atoms. The summed E-state index contributed by atoms with van der Waals surface area (Å²) in [6.45, 7) is 1.84. The Morgan fingerprint density at radius 3 is 2.67 bits per heavy atom. The molecule has 1 rings (SSSR count). The summed E-state index contributed by atoms with van der Waals surface area (Å²) in [6.07, 6.45) is 5.13. The van der Waals surface area contributed by atoms with E-state index in [9.17, 15) is 0 Å². The second kappa shape index (κ2) is 2.38. The minimum atomic E-state index is 0.514. The van der Waals surface area contributed by atoms with Gasteiger partial charge in [-0.2, -0.15) is 0 Å². The number of thiazole rings is 1. The molecule has 1 aromatic heterocycles. The smallest absolute Gasteiger partial charge is 0.185 e. The van der Waals surface area contributed by atoms with Crippen LogP contribution in [0.3, 0.4) is 0 Å². The number of hydrogen-bond acceptors (Lipinski definition) is 2. The van der Waals surface area contributed by atoms with Crippen molar-refractivity contribution in [2.24, 2.45) is 0 Å². The quantitative estimate of drug-likeness (QED) is 0.526. The molecule has 46 valence electrons. The van der Waals surface area contributed by atoms with Crippen molar-refractivity contribution >= 4 is 22.9 Å². The zero-order chi connectivity index (χ0) is 6.85. The fourth-order valence-corrected chi connectivity index (χ4v) is 1.46. The van der Waals surface area contributed by atoms with Crippen molar-refractivity contribution in [2.45, 2.75) is 6.92 Å². The lowest BCUT2D eigenvalue weighted by Gasteiger charge is -1.77. The van der Waals surface area contributed by atoms with Crippen molar-refractivity contribution in [3.63, 3.8) is 0 Å². The lowest BCUT2D eigenvalue weighted by molar-refractivity contribution is 1.26. The number of terminal acetylenes is 1. The molecule has 0 fully saturated rings. The molecule has 3 heteroatoms. The van der Waals surface area contributed by atoms with Crippen molar-refractivity contribution in [2.75, 3.05) is 0 Å². The Kier molecular flexibility index (Phi) is 1.75. The van der Waals surface area contributed by atoms with Crippen LogP contribution in [0.1, 0.15) is 10.6 Å². The van der Waals surface area contributed by atoms with Crippen LogP contribution in [-0.2, 0) is 0 Å². The van der Waals surface area contributed by atoms with Gasteiger partial charge in [-0.25, -0.2) is 4.98 Å². The fraction of sp³-hybridized carbons (Fsp3) is 0.167. The Morgan fingerprint density at radius 2 is 2.44 bits per heavy atom. The average molecular weight is 158 g/mol. The first kappa shape index (κ1) is 6.60. The first-order valence-electron chi connectivity index (χ1n) is 2.33. The van der Waals surface area contributed by atoms with Crippen LogP contribution < -0.4 is 0 Å². The number of aromatic nitrogens is 1. The number of aryl methyl sites for hydroxylation is 1. The largest absolute Gasteiger partial charge is 0.229 e. The second-order valence-corrected chi connectivity index (χ2v) is 3.11. The third kappa shape index (κ3) is 1.24. The Morgan fingerprint density at radius 1 is 1.78 bits per heavy atom. The van der Waals surface area contributed by atoms with Gasteiger partial charge in [0.2, 0.25) is 0 Å². The van der Waals surface area contributed by atoms with Crippen LogP contribution in [0.5, 0.6) is 0 Å². The number of rotatable bonds is 0. The van der Waals surface area contributed by atoms with Gasteiger partial charge in [0.15, 0.2) is 4.47 Å². The average Bonchev–Trinajstić information content (AvgIpc) is 2.10. The minimum Gasteiger partial charge on any atom is -0.229 e. The van der Waals surface area contributed by atoms with Gasteiger partial charge in [-0.15, -0.1) is 6.42 Å². The van der Waals surface area contributed by atoms with Gasteiger partial charge < -0.3 is 0 Å². The van der Waals surface area contributed by atoms with Crippen LogP contribution in [0.4, 0.5) is 0 Å².